The second-order valence-electron chi connectivity index (χ2n) is 5.87. The largest absolute Gasteiger partial charge is 0.476 e. The number of rotatable bonds is 3. The summed E-state index contributed by atoms with van der Waals surface area (Å²) < 4.78 is 7.04. The summed E-state index contributed by atoms with van der Waals surface area (Å²) in [6.45, 7) is 3.65. The van der Waals surface area contributed by atoms with Crippen LogP contribution in [0.5, 0.6) is 0 Å². The fourth-order valence-electron chi connectivity index (χ4n) is 2.76. The smallest absolute Gasteiger partial charge is 0.410 e. The van der Waals surface area contributed by atoms with E-state index in [-0.39, 0.29) is 12.3 Å². The number of aromatic carboxylic acids is 1. The predicted octanol–water partition coefficient (Wildman–Crippen LogP) is 2.43. The van der Waals surface area contributed by atoms with E-state index in [0.29, 0.717) is 31.7 Å². The standard InChI is InChI=1S/C17H19N3O4/c1-12-4-2-5-13(8-12)11-24-17(23)19-6-3-7-20-14(10-19)9-15(18-20)16(21)22/h2,4-5,8-9H,3,6-7,10-11H2,1H3,(H,21,22). The summed E-state index contributed by atoms with van der Waals surface area (Å²) in [6, 6.07) is 9.31. The molecule has 2 heterocycles. The Labute approximate surface area is 139 Å². The van der Waals surface area contributed by atoms with Crippen LogP contribution in [0.4, 0.5) is 4.79 Å². The first-order valence-electron chi connectivity index (χ1n) is 7.80. The Bertz CT molecular complexity index is 769. The molecule has 0 aliphatic carbocycles. The van der Waals surface area contributed by atoms with Gasteiger partial charge >= 0.3 is 12.1 Å². The zero-order chi connectivity index (χ0) is 17.1. The molecule has 0 atom stereocenters. The summed E-state index contributed by atoms with van der Waals surface area (Å²) in [4.78, 5) is 24.9. The quantitative estimate of drug-likeness (QED) is 0.935. The minimum Gasteiger partial charge on any atom is -0.476 e. The summed E-state index contributed by atoms with van der Waals surface area (Å²) in [5.74, 6) is -1.07. The average Bonchev–Trinajstić information content (AvgIpc) is 2.85. The van der Waals surface area contributed by atoms with E-state index in [1.54, 1.807) is 9.58 Å². The van der Waals surface area contributed by atoms with Gasteiger partial charge in [0.1, 0.15) is 6.61 Å². The Hall–Kier alpha value is -2.83. The van der Waals surface area contributed by atoms with Crippen LogP contribution in [0.15, 0.2) is 30.3 Å². The highest BCUT2D eigenvalue weighted by atomic mass is 16.6. The molecule has 0 fully saturated rings. The van der Waals surface area contributed by atoms with Crippen LogP contribution in [0.2, 0.25) is 0 Å². The number of nitrogens with zero attached hydrogens (tertiary/aromatic N) is 3. The fourth-order valence-corrected chi connectivity index (χ4v) is 2.76. The molecule has 1 aliphatic rings. The van der Waals surface area contributed by atoms with Crippen molar-refractivity contribution in [3.63, 3.8) is 0 Å². The van der Waals surface area contributed by atoms with Crippen LogP contribution in [0.1, 0.15) is 33.7 Å². The topological polar surface area (TPSA) is 84.7 Å². The second kappa shape index (κ2) is 6.74. The van der Waals surface area contributed by atoms with E-state index < -0.39 is 12.1 Å². The Kier molecular flexibility index (Phi) is 4.50. The number of hydrogen-bond donors (Lipinski definition) is 1. The Morgan fingerprint density at radius 2 is 2.12 bits per heavy atom. The van der Waals surface area contributed by atoms with E-state index >= 15 is 0 Å². The molecule has 0 spiro atoms. The Morgan fingerprint density at radius 3 is 2.88 bits per heavy atom. The molecule has 0 saturated carbocycles. The number of carbonyl (C=O) groups is 2. The van der Waals surface area contributed by atoms with Gasteiger partial charge in [-0.3, -0.25) is 4.68 Å². The number of carboxylic acid groups (broad SMARTS) is 1. The van der Waals surface area contributed by atoms with E-state index in [1.807, 2.05) is 31.2 Å². The molecule has 7 nitrogen and oxygen atoms in total. The zero-order valence-electron chi connectivity index (χ0n) is 13.4. The number of ether oxygens (including phenoxy) is 1. The highest BCUT2D eigenvalue weighted by Gasteiger charge is 2.23. The van der Waals surface area contributed by atoms with Gasteiger partial charge in [0, 0.05) is 13.1 Å². The van der Waals surface area contributed by atoms with Crippen LogP contribution in [0, 0.1) is 6.92 Å². The van der Waals surface area contributed by atoms with Gasteiger partial charge in [-0.05, 0) is 25.0 Å². The number of fused-ring (bicyclic) bond motifs is 1. The highest BCUT2D eigenvalue weighted by molar-refractivity contribution is 5.85. The number of aromatic nitrogens is 2. The third-order valence-corrected chi connectivity index (χ3v) is 3.94. The molecular weight excluding hydrogens is 310 g/mol. The van der Waals surface area contributed by atoms with Gasteiger partial charge in [0.25, 0.3) is 0 Å². The normalized spacial score (nSPS) is 14.0. The molecule has 126 valence electrons. The van der Waals surface area contributed by atoms with Crippen molar-refractivity contribution in [1.29, 1.82) is 0 Å². The van der Waals surface area contributed by atoms with Crippen molar-refractivity contribution in [2.24, 2.45) is 0 Å². The van der Waals surface area contributed by atoms with Crippen LogP contribution >= 0.6 is 0 Å². The van der Waals surface area contributed by atoms with Crippen LogP contribution in [-0.4, -0.2) is 38.4 Å². The summed E-state index contributed by atoms with van der Waals surface area (Å²) in [6.07, 6.45) is 0.302. The lowest BCUT2D eigenvalue weighted by Gasteiger charge is -2.19. The minimum absolute atomic E-state index is 0.0000203. The van der Waals surface area contributed by atoms with Crippen LogP contribution in [0.25, 0.3) is 0 Å². The second-order valence-corrected chi connectivity index (χ2v) is 5.87. The maximum Gasteiger partial charge on any atom is 0.410 e. The number of carboxylic acids is 1. The van der Waals surface area contributed by atoms with E-state index in [9.17, 15) is 9.59 Å². The number of carbonyl (C=O) groups excluding carboxylic acids is 1. The van der Waals surface area contributed by atoms with Crippen molar-refractivity contribution in [3.05, 3.63) is 52.8 Å². The molecule has 1 N–H and O–H groups in total. The predicted molar refractivity (Wildman–Crippen MR) is 85.6 cm³/mol. The maximum atomic E-state index is 12.3. The molecular formula is C17H19N3O4. The molecule has 2 aromatic rings. The SMILES string of the molecule is Cc1cccc(COC(=O)N2CCCn3nc(C(=O)O)cc3C2)c1. The van der Waals surface area contributed by atoms with E-state index in [0.717, 1.165) is 11.1 Å². The molecule has 0 unspecified atom stereocenters. The van der Waals surface area contributed by atoms with Crippen molar-refractivity contribution in [2.45, 2.75) is 33.0 Å². The highest BCUT2D eigenvalue weighted by Crippen LogP contribution is 2.15. The van der Waals surface area contributed by atoms with Crippen LogP contribution < -0.4 is 0 Å². The number of aryl methyl sites for hydroxylation is 2. The molecule has 1 aromatic carbocycles. The molecule has 0 radical (unpaired) electrons. The molecule has 1 amide bonds. The van der Waals surface area contributed by atoms with E-state index in [4.69, 9.17) is 9.84 Å². The van der Waals surface area contributed by atoms with Crippen LogP contribution in [-0.2, 0) is 24.4 Å². The van der Waals surface area contributed by atoms with Crippen molar-refractivity contribution in [1.82, 2.24) is 14.7 Å². The average molecular weight is 329 g/mol. The molecule has 7 heteroatoms. The van der Waals surface area contributed by atoms with Gasteiger partial charge in [-0.1, -0.05) is 29.8 Å². The van der Waals surface area contributed by atoms with Gasteiger partial charge in [-0.2, -0.15) is 5.10 Å². The van der Waals surface area contributed by atoms with Crippen molar-refractivity contribution >= 4 is 12.1 Å². The lowest BCUT2D eigenvalue weighted by molar-refractivity contribution is 0.0689. The minimum atomic E-state index is -1.07. The summed E-state index contributed by atoms with van der Waals surface area (Å²) in [5, 5.41) is 13.1. The first-order chi connectivity index (χ1) is 11.5. The van der Waals surface area contributed by atoms with E-state index in [2.05, 4.69) is 5.10 Å². The van der Waals surface area contributed by atoms with Gasteiger partial charge in [0.15, 0.2) is 5.69 Å². The number of benzene rings is 1. The summed E-state index contributed by atoms with van der Waals surface area (Å²) in [7, 11) is 0. The van der Waals surface area contributed by atoms with Crippen molar-refractivity contribution in [3.8, 4) is 0 Å². The van der Waals surface area contributed by atoms with E-state index in [1.165, 1.54) is 6.07 Å². The molecule has 0 saturated heterocycles. The number of amides is 1. The first-order valence-corrected chi connectivity index (χ1v) is 7.80. The summed E-state index contributed by atoms with van der Waals surface area (Å²) in [5.41, 5.74) is 2.76. The molecule has 3 rings (SSSR count). The van der Waals surface area contributed by atoms with Gasteiger partial charge in [-0.15, -0.1) is 0 Å². The molecule has 24 heavy (non-hydrogen) atoms. The molecule has 1 aromatic heterocycles. The Balaban J connectivity index is 1.65. The van der Waals surface area contributed by atoms with Crippen LogP contribution in [0.3, 0.4) is 0 Å². The fraction of sp³-hybridized carbons (Fsp3) is 0.353. The zero-order valence-corrected chi connectivity index (χ0v) is 13.4. The Morgan fingerprint density at radius 1 is 1.29 bits per heavy atom. The summed E-state index contributed by atoms with van der Waals surface area (Å²) >= 11 is 0. The first kappa shape index (κ1) is 16.0. The number of hydrogen-bond acceptors (Lipinski definition) is 4. The van der Waals surface area contributed by atoms with Crippen molar-refractivity contribution in [2.75, 3.05) is 6.54 Å². The van der Waals surface area contributed by atoms with Crippen molar-refractivity contribution < 1.29 is 19.4 Å². The lowest BCUT2D eigenvalue weighted by Crippen LogP contribution is -2.31. The molecule has 0 bridgehead atoms. The lowest BCUT2D eigenvalue weighted by atomic mass is 10.1. The van der Waals surface area contributed by atoms with Gasteiger partial charge in [0.05, 0.1) is 12.2 Å². The third kappa shape index (κ3) is 3.56. The van der Waals surface area contributed by atoms with Gasteiger partial charge < -0.3 is 14.7 Å². The maximum absolute atomic E-state index is 12.3. The molecule has 1 aliphatic heterocycles. The third-order valence-electron chi connectivity index (χ3n) is 3.94. The van der Waals surface area contributed by atoms with Gasteiger partial charge in [0.2, 0.25) is 0 Å². The van der Waals surface area contributed by atoms with Gasteiger partial charge in [-0.25, -0.2) is 9.59 Å². The monoisotopic (exact) mass is 329 g/mol.